The summed E-state index contributed by atoms with van der Waals surface area (Å²) in [6.45, 7) is 5.32. The number of nitrogens with zero attached hydrogens (tertiary/aromatic N) is 3. The van der Waals surface area contributed by atoms with Crippen LogP contribution in [0.15, 0.2) is 54.9 Å². The van der Waals surface area contributed by atoms with E-state index in [4.69, 9.17) is 4.74 Å². The standard InChI is InChI=1S/C37H47N5O7/c1-23(2)13-30(42-33(46)36(3,28-9-11-38-12-10-28)41(35(42)48)21-24-7-5-4-6-8-24)31(43)39-20-29(32(44)45)40-34(47)49-22-37-17-25-14-26(18-37)16-27(15-25)19-37/h4-12,23,25-27,29-30H,13-22H2,1-3H3,(H,39,43)(H,40,47)(H,44,45)/t25?,26?,27?,29-,30-,36-,37?/m0/s1. The number of benzene rings is 1. The third-order valence-electron chi connectivity index (χ3n) is 11.1. The van der Waals surface area contributed by atoms with Gasteiger partial charge in [-0.1, -0.05) is 44.2 Å². The van der Waals surface area contributed by atoms with Crippen molar-refractivity contribution < 1.29 is 33.8 Å². The van der Waals surface area contributed by atoms with E-state index in [1.807, 2.05) is 44.2 Å². The van der Waals surface area contributed by atoms with Gasteiger partial charge in [0.1, 0.15) is 17.6 Å². The van der Waals surface area contributed by atoms with Crippen LogP contribution in [0.25, 0.3) is 0 Å². The van der Waals surface area contributed by atoms with E-state index in [2.05, 4.69) is 15.6 Å². The third-order valence-corrected chi connectivity index (χ3v) is 11.1. The lowest BCUT2D eigenvalue weighted by molar-refractivity contribution is -0.141. The van der Waals surface area contributed by atoms with Crippen molar-refractivity contribution in [2.24, 2.45) is 29.1 Å². The maximum absolute atomic E-state index is 14.4. The summed E-state index contributed by atoms with van der Waals surface area (Å²) in [5, 5.41) is 14.9. The first-order chi connectivity index (χ1) is 23.4. The second kappa shape index (κ2) is 13.8. The zero-order valence-electron chi connectivity index (χ0n) is 28.5. The van der Waals surface area contributed by atoms with Gasteiger partial charge >= 0.3 is 18.1 Å². The molecule has 2 heterocycles. The van der Waals surface area contributed by atoms with Crippen LogP contribution in [0.3, 0.4) is 0 Å². The molecule has 12 heteroatoms. The van der Waals surface area contributed by atoms with Crippen molar-refractivity contribution in [3.8, 4) is 0 Å². The Morgan fingerprint density at radius 3 is 2.16 bits per heavy atom. The number of urea groups is 1. The van der Waals surface area contributed by atoms with Crippen LogP contribution in [-0.4, -0.2) is 75.0 Å². The number of carbonyl (C=O) groups excluding carboxylic acids is 4. The van der Waals surface area contributed by atoms with Gasteiger partial charge in [0.25, 0.3) is 5.91 Å². The number of aromatic nitrogens is 1. The summed E-state index contributed by atoms with van der Waals surface area (Å²) in [5.74, 6) is -0.659. The monoisotopic (exact) mass is 673 g/mol. The van der Waals surface area contributed by atoms with Crippen LogP contribution in [0.5, 0.6) is 0 Å². The molecule has 1 aromatic heterocycles. The number of imide groups is 1. The topological polar surface area (TPSA) is 158 Å². The lowest BCUT2D eigenvalue weighted by Crippen LogP contribution is -2.55. The molecule has 4 saturated carbocycles. The highest BCUT2D eigenvalue weighted by atomic mass is 16.5. The minimum atomic E-state index is -1.48. The highest BCUT2D eigenvalue weighted by Crippen LogP contribution is 2.60. The number of hydrogen-bond acceptors (Lipinski definition) is 7. The highest BCUT2D eigenvalue weighted by Gasteiger charge is 2.58. The van der Waals surface area contributed by atoms with Crippen LogP contribution >= 0.6 is 0 Å². The Labute approximate surface area is 287 Å². The van der Waals surface area contributed by atoms with Gasteiger partial charge in [-0.2, -0.15) is 0 Å². The van der Waals surface area contributed by atoms with Gasteiger partial charge in [-0.3, -0.25) is 14.6 Å². The molecule has 1 aromatic carbocycles. The van der Waals surface area contributed by atoms with E-state index < -0.39 is 54.1 Å². The molecule has 262 valence electrons. The van der Waals surface area contributed by atoms with Crippen molar-refractivity contribution in [1.82, 2.24) is 25.4 Å². The van der Waals surface area contributed by atoms with E-state index in [0.717, 1.165) is 29.7 Å². The number of pyridine rings is 1. The fourth-order valence-electron chi connectivity index (χ4n) is 9.15. The number of aliphatic carboxylic acids is 1. The predicted octanol–water partition coefficient (Wildman–Crippen LogP) is 4.69. The smallest absolute Gasteiger partial charge is 0.407 e. The molecular formula is C37H47N5O7. The van der Waals surface area contributed by atoms with Gasteiger partial charge in [-0.05, 0) is 98.8 Å². The summed E-state index contributed by atoms with van der Waals surface area (Å²) in [5.41, 5.74) is -0.111. The van der Waals surface area contributed by atoms with Crippen molar-refractivity contribution in [3.05, 3.63) is 66.0 Å². The Bertz CT molecular complexity index is 1530. The third kappa shape index (κ3) is 7.00. The van der Waals surface area contributed by atoms with Crippen LogP contribution in [0, 0.1) is 29.1 Å². The minimum Gasteiger partial charge on any atom is -0.480 e. The fourth-order valence-corrected chi connectivity index (χ4v) is 9.15. The molecule has 1 saturated heterocycles. The summed E-state index contributed by atoms with van der Waals surface area (Å²) in [7, 11) is 0. The number of hydrogen-bond donors (Lipinski definition) is 3. The summed E-state index contributed by atoms with van der Waals surface area (Å²) in [6, 6.07) is 9.30. The van der Waals surface area contributed by atoms with Gasteiger partial charge in [0.05, 0.1) is 6.61 Å². The van der Waals surface area contributed by atoms with Crippen molar-refractivity contribution in [1.29, 1.82) is 0 Å². The van der Waals surface area contributed by atoms with Gasteiger partial charge in [0.15, 0.2) is 0 Å². The molecule has 7 rings (SSSR count). The van der Waals surface area contributed by atoms with Gasteiger partial charge in [-0.15, -0.1) is 0 Å². The van der Waals surface area contributed by atoms with E-state index in [-0.39, 0.29) is 30.9 Å². The normalized spacial score (nSPS) is 28.4. The van der Waals surface area contributed by atoms with Gasteiger partial charge in [0, 0.05) is 30.9 Å². The van der Waals surface area contributed by atoms with Crippen molar-refractivity contribution in [2.75, 3.05) is 13.2 Å². The van der Waals surface area contributed by atoms with Crippen molar-refractivity contribution in [3.63, 3.8) is 0 Å². The predicted molar refractivity (Wildman–Crippen MR) is 179 cm³/mol. The number of ether oxygens (including phenoxy) is 1. The average Bonchev–Trinajstić information content (AvgIpc) is 3.25. The van der Waals surface area contributed by atoms with Crippen LogP contribution in [0.1, 0.15) is 76.8 Å². The van der Waals surface area contributed by atoms with E-state index in [9.17, 15) is 29.1 Å². The number of nitrogens with one attached hydrogen (secondary N) is 2. The molecule has 5 amide bonds. The molecule has 4 aliphatic carbocycles. The molecule has 12 nitrogen and oxygen atoms in total. The fraction of sp³-hybridized carbons (Fsp3) is 0.568. The maximum atomic E-state index is 14.4. The largest absolute Gasteiger partial charge is 0.480 e. The first kappa shape index (κ1) is 34.4. The molecule has 0 spiro atoms. The quantitative estimate of drug-likeness (QED) is 0.259. The Morgan fingerprint density at radius 2 is 1.59 bits per heavy atom. The Balaban J connectivity index is 1.15. The Kier molecular flexibility index (Phi) is 9.68. The molecule has 5 aliphatic rings. The maximum Gasteiger partial charge on any atom is 0.407 e. The van der Waals surface area contributed by atoms with Crippen LogP contribution < -0.4 is 10.6 Å². The van der Waals surface area contributed by atoms with E-state index in [1.54, 1.807) is 31.5 Å². The zero-order valence-corrected chi connectivity index (χ0v) is 28.5. The highest BCUT2D eigenvalue weighted by molar-refractivity contribution is 6.10. The number of amides is 5. The zero-order chi connectivity index (χ0) is 34.9. The van der Waals surface area contributed by atoms with Gasteiger partial charge in [-0.25, -0.2) is 19.3 Å². The molecule has 5 fully saturated rings. The number of carboxylic acids is 1. The molecule has 2 aromatic rings. The van der Waals surface area contributed by atoms with Gasteiger partial charge in [0.2, 0.25) is 5.91 Å². The first-order valence-electron chi connectivity index (χ1n) is 17.4. The second-order valence-electron chi connectivity index (χ2n) is 15.3. The molecule has 0 unspecified atom stereocenters. The molecule has 4 bridgehead atoms. The minimum absolute atomic E-state index is 0.0307. The van der Waals surface area contributed by atoms with Crippen LogP contribution in [0.2, 0.25) is 0 Å². The summed E-state index contributed by atoms with van der Waals surface area (Å²) in [4.78, 5) is 74.0. The van der Waals surface area contributed by atoms with E-state index in [0.29, 0.717) is 23.3 Å². The molecule has 0 radical (unpaired) electrons. The molecule has 3 N–H and O–H groups in total. The lowest BCUT2D eigenvalue weighted by Gasteiger charge is -2.56. The summed E-state index contributed by atoms with van der Waals surface area (Å²) >= 11 is 0. The Hall–Kier alpha value is -4.48. The van der Waals surface area contributed by atoms with Crippen LogP contribution in [0.4, 0.5) is 9.59 Å². The molecule has 49 heavy (non-hydrogen) atoms. The van der Waals surface area contributed by atoms with E-state index in [1.165, 1.54) is 24.2 Å². The van der Waals surface area contributed by atoms with Gasteiger partial charge < -0.3 is 25.4 Å². The first-order valence-corrected chi connectivity index (χ1v) is 17.4. The molecule has 1 aliphatic heterocycles. The lowest BCUT2D eigenvalue weighted by atomic mass is 9.50. The Morgan fingerprint density at radius 1 is 0.980 bits per heavy atom. The number of carboxylic acid groups (broad SMARTS) is 1. The van der Waals surface area contributed by atoms with Crippen LogP contribution in [-0.2, 0) is 31.2 Å². The summed E-state index contributed by atoms with van der Waals surface area (Å²) < 4.78 is 5.62. The number of carbonyl (C=O) groups is 5. The number of alkyl carbamates (subject to hydrolysis) is 1. The average molecular weight is 674 g/mol. The van der Waals surface area contributed by atoms with E-state index >= 15 is 0 Å². The molecular weight excluding hydrogens is 626 g/mol. The SMILES string of the molecule is CC(C)C[C@@H](C(=O)NC[C@H](NC(=O)OCC12CC3CC(CC(C3)C1)C2)C(=O)O)N1C(=O)N(Cc2ccccc2)[C@@](C)(c2ccncc2)C1=O. The second-order valence-corrected chi connectivity index (χ2v) is 15.3. The van der Waals surface area contributed by atoms with Crippen molar-refractivity contribution >= 4 is 29.9 Å². The number of rotatable bonds is 13. The van der Waals surface area contributed by atoms with Crippen molar-refractivity contribution in [2.45, 2.75) is 89.9 Å². The summed E-state index contributed by atoms with van der Waals surface area (Å²) in [6.07, 6.45) is 9.29. The molecule has 3 atom stereocenters.